The zero-order valence-electron chi connectivity index (χ0n) is 9.04. The SMILES string of the molecule is CS(=O)(=O)c1ccccc1C1CC(=O)OC1=O. The number of hydrogen-bond acceptors (Lipinski definition) is 5. The van der Waals surface area contributed by atoms with Gasteiger partial charge in [-0.15, -0.1) is 0 Å². The highest BCUT2D eigenvalue weighted by atomic mass is 32.2. The maximum absolute atomic E-state index is 11.6. The van der Waals surface area contributed by atoms with Crippen molar-refractivity contribution in [2.24, 2.45) is 0 Å². The van der Waals surface area contributed by atoms with Crippen molar-refractivity contribution in [3.8, 4) is 0 Å². The Balaban J connectivity index is 2.54. The molecule has 1 unspecified atom stereocenters. The largest absolute Gasteiger partial charge is 0.393 e. The molecule has 2 rings (SSSR count). The van der Waals surface area contributed by atoms with Crippen LogP contribution in [0.5, 0.6) is 0 Å². The average Bonchev–Trinajstić information content (AvgIpc) is 2.56. The van der Waals surface area contributed by atoms with Crippen molar-refractivity contribution in [2.75, 3.05) is 6.26 Å². The monoisotopic (exact) mass is 254 g/mol. The number of carbonyl (C=O) groups is 2. The minimum atomic E-state index is -3.43. The van der Waals surface area contributed by atoms with E-state index in [1.165, 1.54) is 12.1 Å². The lowest BCUT2D eigenvalue weighted by atomic mass is 9.98. The summed E-state index contributed by atoms with van der Waals surface area (Å²) in [6.07, 6.45) is 0.958. The molecule has 0 amide bonds. The van der Waals surface area contributed by atoms with E-state index in [4.69, 9.17) is 0 Å². The van der Waals surface area contributed by atoms with Crippen LogP contribution in [0.15, 0.2) is 29.2 Å². The van der Waals surface area contributed by atoms with Crippen LogP contribution in [0.3, 0.4) is 0 Å². The second-order valence-electron chi connectivity index (χ2n) is 3.86. The van der Waals surface area contributed by atoms with Gasteiger partial charge in [0.25, 0.3) is 0 Å². The van der Waals surface area contributed by atoms with Gasteiger partial charge in [-0.2, -0.15) is 0 Å². The maximum Gasteiger partial charge on any atom is 0.321 e. The van der Waals surface area contributed by atoms with E-state index in [-0.39, 0.29) is 11.3 Å². The third-order valence-electron chi connectivity index (χ3n) is 2.56. The van der Waals surface area contributed by atoms with Crippen molar-refractivity contribution >= 4 is 21.8 Å². The first-order valence-electron chi connectivity index (χ1n) is 4.93. The molecule has 17 heavy (non-hydrogen) atoms. The molecule has 0 spiro atoms. The van der Waals surface area contributed by atoms with Gasteiger partial charge in [0.15, 0.2) is 9.84 Å². The number of esters is 2. The minimum Gasteiger partial charge on any atom is -0.393 e. The van der Waals surface area contributed by atoms with E-state index in [0.717, 1.165) is 6.26 Å². The van der Waals surface area contributed by atoms with Crippen molar-refractivity contribution in [1.29, 1.82) is 0 Å². The number of rotatable bonds is 2. The van der Waals surface area contributed by atoms with Crippen molar-refractivity contribution in [2.45, 2.75) is 17.2 Å². The summed E-state index contributed by atoms with van der Waals surface area (Å²) in [4.78, 5) is 22.5. The van der Waals surface area contributed by atoms with Gasteiger partial charge in [-0.05, 0) is 11.6 Å². The molecule has 0 N–H and O–H groups in total. The zero-order chi connectivity index (χ0) is 12.6. The van der Waals surface area contributed by atoms with Gasteiger partial charge in [-0.25, -0.2) is 8.42 Å². The summed E-state index contributed by atoms with van der Waals surface area (Å²) < 4.78 is 27.5. The third-order valence-corrected chi connectivity index (χ3v) is 3.73. The van der Waals surface area contributed by atoms with Gasteiger partial charge in [0.2, 0.25) is 0 Å². The average molecular weight is 254 g/mol. The molecule has 1 aliphatic rings. The molecule has 1 heterocycles. The van der Waals surface area contributed by atoms with Crippen LogP contribution in [0.2, 0.25) is 0 Å². The Morgan fingerprint density at radius 3 is 2.41 bits per heavy atom. The van der Waals surface area contributed by atoms with Crippen LogP contribution in [0.4, 0.5) is 0 Å². The quantitative estimate of drug-likeness (QED) is 0.572. The van der Waals surface area contributed by atoms with Gasteiger partial charge < -0.3 is 4.74 Å². The molecule has 1 atom stereocenters. The van der Waals surface area contributed by atoms with Gasteiger partial charge >= 0.3 is 11.9 Å². The fraction of sp³-hybridized carbons (Fsp3) is 0.273. The Morgan fingerprint density at radius 1 is 1.24 bits per heavy atom. The normalized spacial score (nSPS) is 20.4. The number of benzene rings is 1. The molecular formula is C11H10O5S. The van der Waals surface area contributed by atoms with E-state index >= 15 is 0 Å². The lowest BCUT2D eigenvalue weighted by Crippen LogP contribution is -2.11. The van der Waals surface area contributed by atoms with Crippen LogP contribution < -0.4 is 0 Å². The van der Waals surface area contributed by atoms with Crippen LogP contribution in [-0.4, -0.2) is 26.6 Å². The molecule has 1 aliphatic heterocycles. The van der Waals surface area contributed by atoms with Gasteiger partial charge in [0, 0.05) is 6.26 Å². The molecular weight excluding hydrogens is 244 g/mol. The van der Waals surface area contributed by atoms with Crippen LogP contribution >= 0.6 is 0 Å². The summed E-state index contributed by atoms with van der Waals surface area (Å²) in [5, 5.41) is 0. The Morgan fingerprint density at radius 2 is 1.88 bits per heavy atom. The van der Waals surface area contributed by atoms with E-state index in [0.29, 0.717) is 5.56 Å². The summed E-state index contributed by atoms with van der Waals surface area (Å²) in [5.41, 5.74) is 0.325. The van der Waals surface area contributed by atoms with E-state index < -0.39 is 27.7 Å². The molecule has 6 heteroatoms. The lowest BCUT2D eigenvalue weighted by molar-refractivity contribution is -0.152. The molecule has 1 saturated heterocycles. The second-order valence-corrected chi connectivity index (χ2v) is 5.84. The number of carbonyl (C=O) groups excluding carboxylic acids is 2. The topological polar surface area (TPSA) is 77.5 Å². The standard InChI is InChI=1S/C11H10O5S/c1-17(14,15)9-5-3-2-4-7(9)8-6-10(12)16-11(8)13/h2-5,8H,6H2,1H3. The highest BCUT2D eigenvalue weighted by molar-refractivity contribution is 7.90. The minimum absolute atomic E-state index is 0.0663. The van der Waals surface area contributed by atoms with Crippen LogP contribution in [0.1, 0.15) is 17.9 Å². The molecule has 0 radical (unpaired) electrons. The van der Waals surface area contributed by atoms with Crippen LogP contribution in [-0.2, 0) is 24.2 Å². The van der Waals surface area contributed by atoms with Crippen LogP contribution in [0.25, 0.3) is 0 Å². The van der Waals surface area contributed by atoms with Gasteiger partial charge in [0.1, 0.15) is 0 Å². The number of sulfone groups is 1. The third kappa shape index (κ3) is 2.21. The summed E-state index contributed by atoms with van der Waals surface area (Å²) in [6.45, 7) is 0. The van der Waals surface area contributed by atoms with Gasteiger partial charge in [-0.3, -0.25) is 9.59 Å². The van der Waals surface area contributed by atoms with Crippen LogP contribution in [0, 0.1) is 0 Å². The van der Waals surface area contributed by atoms with Crippen molar-refractivity contribution < 1.29 is 22.7 Å². The van der Waals surface area contributed by atoms with E-state index in [1.54, 1.807) is 12.1 Å². The molecule has 0 aromatic heterocycles. The first kappa shape index (κ1) is 11.8. The molecule has 0 saturated carbocycles. The predicted molar refractivity (Wildman–Crippen MR) is 58.0 cm³/mol. The first-order valence-corrected chi connectivity index (χ1v) is 6.82. The first-order chi connectivity index (χ1) is 7.89. The molecule has 5 nitrogen and oxygen atoms in total. The molecule has 1 aromatic rings. The Bertz CT molecular complexity index is 588. The smallest absolute Gasteiger partial charge is 0.321 e. The van der Waals surface area contributed by atoms with Crippen molar-refractivity contribution in [3.05, 3.63) is 29.8 Å². The van der Waals surface area contributed by atoms with E-state index in [1.807, 2.05) is 0 Å². The fourth-order valence-corrected chi connectivity index (χ4v) is 2.78. The predicted octanol–water partition coefficient (Wildman–Crippen LogP) is 0.647. The summed E-state index contributed by atoms with van der Waals surface area (Å²) in [5.74, 6) is -2.12. The fourth-order valence-electron chi connectivity index (χ4n) is 1.82. The van der Waals surface area contributed by atoms with Gasteiger partial charge in [0.05, 0.1) is 17.2 Å². The second kappa shape index (κ2) is 3.96. The molecule has 0 bridgehead atoms. The maximum atomic E-state index is 11.6. The molecule has 1 fully saturated rings. The van der Waals surface area contributed by atoms with Crippen molar-refractivity contribution in [3.63, 3.8) is 0 Å². The van der Waals surface area contributed by atoms with E-state index in [2.05, 4.69) is 4.74 Å². The molecule has 1 aromatic carbocycles. The molecule has 0 aliphatic carbocycles. The van der Waals surface area contributed by atoms with Crippen molar-refractivity contribution in [1.82, 2.24) is 0 Å². The van der Waals surface area contributed by atoms with Gasteiger partial charge in [-0.1, -0.05) is 18.2 Å². The lowest BCUT2D eigenvalue weighted by Gasteiger charge is -2.10. The zero-order valence-corrected chi connectivity index (χ0v) is 9.86. The summed E-state index contributed by atoms with van der Waals surface area (Å²) >= 11 is 0. The molecule has 90 valence electrons. The number of cyclic esters (lactones) is 2. The van der Waals surface area contributed by atoms with E-state index in [9.17, 15) is 18.0 Å². The summed E-state index contributed by atoms with van der Waals surface area (Å²) in [7, 11) is -3.43. The highest BCUT2D eigenvalue weighted by Crippen LogP contribution is 2.31. The summed E-state index contributed by atoms with van der Waals surface area (Å²) in [6, 6.07) is 6.14. The number of ether oxygens (including phenoxy) is 1. The Labute approximate surface area is 98.3 Å². The Kier molecular flexibility index (Phi) is 2.74. The highest BCUT2D eigenvalue weighted by Gasteiger charge is 2.37. The number of hydrogen-bond donors (Lipinski definition) is 0. The Hall–Kier alpha value is -1.69.